The smallest absolute Gasteiger partial charge is 0.273 e. The highest BCUT2D eigenvalue weighted by atomic mass is 35.5. The highest BCUT2D eigenvalue weighted by Crippen LogP contribution is 2.31. The Morgan fingerprint density at radius 3 is 2.61 bits per heavy atom. The third-order valence-corrected chi connectivity index (χ3v) is 6.17. The SMILES string of the molecule is COCCCNC(=O)[C@@]1(C)Cn2nc(-c3ccccc3)cc2C(=O)N1Cc1ccc(Cl)cc1. The molecule has 0 fully saturated rings. The van der Waals surface area contributed by atoms with Gasteiger partial charge in [-0.1, -0.05) is 54.1 Å². The summed E-state index contributed by atoms with van der Waals surface area (Å²) in [6, 6.07) is 18.8. The molecule has 0 saturated heterocycles. The summed E-state index contributed by atoms with van der Waals surface area (Å²) in [6.45, 7) is 3.34. The maximum atomic E-state index is 13.7. The van der Waals surface area contributed by atoms with Crippen LogP contribution in [-0.4, -0.2) is 52.3 Å². The predicted molar refractivity (Wildman–Crippen MR) is 127 cm³/mol. The quantitative estimate of drug-likeness (QED) is 0.513. The van der Waals surface area contributed by atoms with Crippen LogP contribution in [-0.2, 0) is 22.6 Å². The second kappa shape index (κ2) is 9.77. The summed E-state index contributed by atoms with van der Waals surface area (Å²) >= 11 is 6.03. The van der Waals surface area contributed by atoms with Gasteiger partial charge in [0.1, 0.15) is 11.2 Å². The van der Waals surface area contributed by atoms with E-state index >= 15 is 0 Å². The summed E-state index contributed by atoms with van der Waals surface area (Å²) in [7, 11) is 1.63. The number of hydrogen-bond donors (Lipinski definition) is 1. The zero-order valence-electron chi connectivity index (χ0n) is 18.8. The van der Waals surface area contributed by atoms with Crippen molar-refractivity contribution < 1.29 is 14.3 Å². The Morgan fingerprint density at radius 2 is 1.91 bits per heavy atom. The van der Waals surface area contributed by atoms with Crippen LogP contribution in [0.4, 0.5) is 0 Å². The number of nitrogens with zero attached hydrogens (tertiary/aromatic N) is 3. The Balaban J connectivity index is 1.68. The Morgan fingerprint density at radius 1 is 1.18 bits per heavy atom. The molecule has 1 aromatic heterocycles. The van der Waals surface area contributed by atoms with Gasteiger partial charge in [-0.3, -0.25) is 14.3 Å². The lowest BCUT2D eigenvalue weighted by molar-refractivity contribution is -0.133. The Kier molecular flexibility index (Phi) is 6.81. The van der Waals surface area contributed by atoms with E-state index in [1.165, 1.54) is 0 Å². The van der Waals surface area contributed by atoms with E-state index < -0.39 is 5.54 Å². The van der Waals surface area contributed by atoms with Crippen LogP contribution < -0.4 is 5.32 Å². The van der Waals surface area contributed by atoms with Crippen molar-refractivity contribution in [2.45, 2.75) is 32.0 Å². The Bertz CT molecular complexity index is 1130. The van der Waals surface area contributed by atoms with Gasteiger partial charge in [0.2, 0.25) is 5.91 Å². The van der Waals surface area contributed by atoms with E-state index in [-0.39, 0.29) is 24.9 Å². The topological polar surface area (TPSA) is 76.5 Å². The molecule has 0 unspecified atom stereocenters. The third-order valence-electron chi connectivity index (χ3n) is 5.92. The van der Waals surface area contributed by atoms with Crippen LogP contribution in [0.3, 0.4) is 0 Å². The molecule has 1 aliphatic rings. The number of benzene rings is 2. The fraction of sp³-hybridized carbons (Fsp3) is 0.320. The molecule has 1 N–H and O–H groups in total. The molecular weight excluding hydrogens is 440 g/mol. The molecule has 33 heavy (non-hydrogen) atoms. The number of fused-ring (bicyclic) bond motifs is 1. The summed E-state index contributed by atoms with van der Waals surface area (Å²) in [6.07, 6.45) is 0.689. The van der Waals surface area contributed by atoms with Gasteiger partial charge in [0, 0.05) is 37.4 Å². The van der Waals surface area contributed by atoms with Crippen molar-refractivity contribution in [3.05, 3.63) is 76.9 Å². The van der Waals surface area contributed by atoms with Crippen molar-refractivity contribution in [3.8, 4) is 11.3 Å². The van der Waals surface area contributed by atoms with Crippen molar-refractivity contribution in [1.82, 2.24) is 20.0 Å². The molecule has 0 aliphatic carbocycles. The first kappa shape index (κ1) is 23.0. The predicted octanol–water partition coefficient (Wildman–Crippen LogP) is 3.77. The summed E-state index contributed by atoms with van der Waals surface area (Å²) in [5.41, 5.74) is 1.86. The van der Waals surface area contributed by atoms with Crippen LogP contribution in [0.5, 0.6) is 0 Å². The highest BCUT2D eigenvalue weighted by Gasteiger charge is 2.47. The minimum atomic E-state index is -1.11. The Labute approximate surface area is 198 Å². The van der Waals surface area contributed by atoms with Gasteiger partial charge in [-0.05, 0) is 37.1 Å². The molecule has 172 valence electrons. The van der Waals surface area contributed by atoms with Crippen molar-refractivity contribution >= 4 is 23.4 Å². The summed E-state index contributed by atoms with van der Waals surface area (Å²) in [5, 5.41) is 8.25. The molecule has 2 amide bonds. The average Bonchev–Trinajstić information content (AvgIpc) is 3.25. The molecule has 0 bridgehead atoms. The fourth-order valence-corrected chi connectivity index (χ4v) is 4.15. The summed E-state index contributed by atoms with van der Waals surface area (Å²) in [4.78, 5) is 28.7. The number of halogens is 1. The average molecular weight is 467 g/mol. The lowest BCUT2D eigenvalue weighted by atomic mass is 9.94. The minimum Gasteiger partial charge on any atom is -0.385 e. The van der Waals surface area contributed by atoms with Crippen LogP contribution >= 0.6 is 11.6 Å². The van der Waals surface area contributed by atoms with Crippen LogP contribution in [0.2, 0.25) is 5.02 Å². The lowest BCUT2D eigenvalue weighted by Gasteiger charge is -2.43. The van der Waals surface area contributed by atoms with Crippen LogP contribution in [0.15, 0.2) is 60.7 Å². The second-order valence-electron chi connectivity index (χ2n) is 8.33. The van der Waals surface area contributed by atoms with E-state index in [9.17, 15) is 9.59 Å². The van der Waals surface area contributed by atoms with Crippen LogP contribution in [0, 0.1) is 0 Å². The van der Waals surface area contributed by atoms with Gasteiger partial charge in [0.05, 0.1) is 12.2 Å². The number of nitrogens with one attached hydrogen (secondary N) is 1. The van der Waals surface area contributed by atoms with Gasteiger partial charge in [-0.15, -0.1) is 0 Å². The molecule has 3 aromatic rings. The van der Waals surface area contributed by atoms with E-state index in [0.717, 1.165) is 11.1 Å². The standard InChI is InChI=1S/C25H27ClN4O3/c1-25(24(32)27-13-6-14-33-2)17-30-22(15-21(28-30)19-7-4-3-5-8-19)23(31)29(25)16-18-9-11-20(26)12-10-18/h3-5,7-12,15H,6,13-14,16-17H2,1-2H3,(H,27,32)/t25-/m1/s1. The number of carbonyl (C=O) groups is 2. The number of carbonyl (C=O) groups excluding carboxylic acids is 2. The van der Waals surface area contributed by atoms with E-state index in [1.807, 2.05) is 42.5 Å². The van der Waals surface area contributed by atoms with E-state index in [2.05, 4.69) is 10.4 Å². The lowest BCUT2D eigenvalue weighted by Crippen LogP contribution is -2.63. The van der Waals surface area contributed by atoms with Crippen LogP contribution in [0.25, 0.3) is 11.3 Å². The third kappa shape index (κ3) is 4.79. The highest BCUT2D eigenvalue weighted by molar-refractivity contribution is 6.30. The van der Waals surface area contributed by atoms with Crippen molar-refractivity contribution in [3.63, 3.8) is 0 Å². The van der Waals surface area contributed by atoms with Crippen molar-refractivity contribution in [2.24, 2.45) is 0 Å². The molecular formula is C25H27ClN4O3. The van der Waals surface area contributed by atoms with Crippen molar-refractivity contribution in [1.29, 1.82) is 0 Å². The number of methoxy groups -OCH3 is 1. The van der Waals surface area contributed by atoms with E-state index in [0.29, 0.717) is 36.0 Å². The monoisotopic (exact) mass is 466 g/mol. The molecule has 0 radical (unpaired) electrons. The van der Waals surface area contributed by atoms with E-state index in [1.54, 1.807) is 41.8 Å². The first-order chi connectivity index (χ1) is 15.9. The number of hydrogen-bond acceptors (Lipinski definition) is 4. The van der Waals surface area contributed by atoms with Gasteiger partial charge in [0.25, 0.3) is 5.91 Å². The Hall–Kier alpha value is -3.16. The molecule has 1 atom stereocenters. The minimum absolute atomic E-state index is 0.219. The maximum Gasteiger partial charge on any atom is 0.273 e. The summed E-state index contributed by atoms with van der Waals surface area (Å²) in [5.74, 6) is -0.455. The number of aromatic nitrogens is 2. The molecule has 0 spiro atoms. The molecule has 4 rings (SSSR count). The number of ether oxygens (including phenoxy) is 1. The largest absolute Gasteiger partial charge is 0.385 e. The summed E-state index contributed by atoms with van der Waals surface area (Å²) < 4.78 is 6.72. The van der Waals surface area contributed by atoms with Crippen molar-refractivity contribution in [2.75, 3.05) is 20.3 Å². The zero-order chi connectivity index (χ0) is 23.4. The molecule has 2 aromatic carbocycles. The molecule has 7 nitrogen and oxygen atoms in total. The van der Waals surface area contributed by atoms with Gasteiger partial charge in [-0.2, -0.15) is 5.10 Å². The number of rotatable bonds is 8. The molecule has 8 heteroatoms. The van der Waals surface area contributed by atoms with Gasteiger partial charge >= 0.3 is 0 Å². The fourth-order valence-electron chi connectivity index (χ4n) is 4.02. The van der Waals surface area contributed by atoms with Gasteiger partial charge < -0.3 is 15.0 Å². The van der Waals surface area contributed by atoms with Gasteiger partial charge in [0.15, 0.2) is 0 Å². The first-order valence-corrected chi connectivity index (χ1v) is 11.3. The van der Waals surface area contributed by atoms with Gasteiger partial charge in [-0.25, -0.2) is 0 Å². The normalized spacial score (nSPS) is 17.7. The molecule has 2 heterocycles. The zero-order valence-corrected chi connectivity index (χ0v) is 19.5. The van der Waals surface area contributed by atoms with Crippen LogP contribution in [0.1, 0.15) is 29.4 Å². The second-order valence-corrected chi connectivity index (χ2v) is 8.77. The number of amides is 2. The van der Waals surface area contributed by atoms with E-state index in [4.69, 9.17) is 16.3 Å². The molecule has 0 saturated carbocycles. The molecule has 1 aliphatic heterocycles. The maximum absolute atomic E-state index is 13.7. The first-order valence-electron chi connectivity index (χ1n) is 10.9.